The molecule has 0 aromatic heterocycles. The molecule has 1 aromatic carbocycles. The number of nitro groups is 1. The van der Waals surface area contributed by atoms with E-state index in [1.807, 2.05) is 6.92 Å². The van der Waals surface area contributed by atoms with Gasteiger partial charge < -0.3 is 0 Å². The molecule has 0 aliphatic heterocycles. The van der Waals surface area contributed by atoms with Gasteiger partial charge in [-0.3, -0.25) is 10.1 Å². The molecular weight excluding hydrogens is 198 g/mol. The first kappa shape index (κ1) is 10.6. The van der Waals surface area contributed by atoms with Crippen molar-refractivity contribution >= 4 is 17.4 Å². The lowest BCUT2D eigenvalue weighted by Gasteiger charge is -1.91. The van der Waals surface area contributed by atoms with Gasteiger partial charge in [0.05, 0.1) is 4.92 Å². The third-order valence-electron chi connectivity index (χ3n) is 1.47. The van der Waals surface area contributed by atoms with Crippen LogP contribution in [-0.4, -0.2) is 10.7 Å². The smallest absolute Gasteiger partial charge is 0.258 e. The van der Waals surface area contributed by atoms with Gasteiger partial charge >= 0.3 is 0 Å². The van der Waals surface area contributed by atoms with Crippen LogP contribution in [0.5, 0.6) is 0 Å². The first-order valence-electron chi connectivity index (χ1n) is 4.11. The Balaban J connectivity index is 2.85. The minimum atomic E-state index is -0.419. The third-order valence-corrected chi connectivity index (χ3v) is 2.00. The molecule has 0 N–H and O–H groups in total. The van der Waals surface area contributed by atoms with Crippen LogP contribution in [0.15, 0.2) is 24.3 Å². The largest absolute Gasteiger partial charge is 0.270 e. The van der Waals surface area contributed by atoms with E-state index in [0.717, 1.165) is 5.75 Å². The van der Waals surface area contributed by atoms with Gasteiger partial charge in [0.15, 0.2) is 0 Å². The van der Waals surface area contributed by atoms with Crippen molar-refractivity contribution in [3.8, 4) is 11.2 Å². The second kappa shape index (κ2) is 5.30. The summed E-state index contributed by atoms with van der Waals surface area (Å²) in [7, 11) is 0. The summed E-state index contributed by atoms with van der Waals surface area (Å²) in [5.74, 6) is 3.77. The van der Waals surface area contributed by atoms with Gasteiger partial charge in [0.25, 0.3) is 5.69 Å². The molecule has 14 heavy (non-hydrogen) atoms. The maximum Gasteiger partial charge on any atom is 0.270 e. The number of hydrogen-bond acceptors (Lipinski definition) is 3. The summed E-state index contributed by atoms with van der Waals surface area (Å²) < 4.78 is 0. The Bertz CT molecular complexity index is 393. The van der Waals surface area contributed by atoms with E-state index in [9.17, 15) is 10.1 Å². The van der Waals surface area contributed by atoms with Gasteiger partial charge in [-0.15, -0.1) is 0 Å². The summed E-state index contributed by atoms with van der Waals surface area (Å²) in [5.41, 5.74) is 0.762. The number of benzene rings is 1. The maximum atomic E-state index is 10.4. The molecule has 0 aliphatic rings. The highest BCUT2D eigenvalue weighted by atomic mass is 32.2. The quantitative estimate of drug-likeness (QED) is 0.425. The Kier molecular flexibility index (Phi) is 4.02. The highest BCUT2D eigenvalue weighted by Crippen LogP contribution is 2.12. The molecule has 0 aliphatic carbocycles. The van der Waals surface area contributed by atoms with Crippen LogP contribution in [-0.2, 0) is 0 Å². The second-order valence-electron chi connectivity index (χ2n) is 2.47. The van der Waals surface area contributed by atoms with Crippen molar-refractivity contribution < 1.29 is 4.92 Å². The molecule has 0 heterocycles. The lowest BCUT2D eigenvalue weighted by molar-refractivity contribution is -0.384. The Morgan fingerprint density at radius 2 is 2.36 bits per heavy atom. The van der Waals surface area contributed by atoms with Gasteiger partial charge in [-0.1, -0.05) is 30.7 Å². The molecule has 3 nitrogen and oxygen atoms in total. The van der Waals surface area contributed by atoms with Gasteiger partial charge in [-0.05, 0) is 11.3 Å². The highest BCUT2D eigenvalue weighted by Gasteiger charge is 2.03. The molecule has 0 saturated carbocycles. The topological polar surface area (TPSA) is 43.1 Å². The molecular formula is C10H9NO2S. The van der Waals surface area contributed by atoms with E-state index >= 15 is 0 Å². The van der Waals surface area contributed by atoms with E-state index in [1.165, 1.54) is 23.9 Å². The molecule has 0 unspecified atom stereocenters. The summed E-state index contributed by atoms with van der Waals surface area (Å²) in [4.78, 5) is 10.0. The summed E-state index contributed by atoms with van der Waals surface area (Å²) in [6.07, 6.45) is 0. The zero-order chi connectivity index (χ0) is 10.4. The van der Waals surface area contributed by atoms with Crippen LogP contribution in [0.25, 0.3) is 0 Å². The van der Waals surface area contributed by atoms with Gasteiger partial charge in [-0.25, -0.2) is 0 Å². The van der Waals surface area contributed by atoms with E-state index in [2.05, 4.69) is 11.2 Å². The van der Waals surface area contributed by atoms with Gasteiger partial charge in [0, 0.05) is 23.4 Å². The normalized spacial score (nSPS) is 8.93. The molecule has 0 radical (unpaired) electrons. The fraction of sp³-hybridized carbons (Fsp3) is 0.200. The van der Waals surface area contributed by atoms with Crippen LogP contribution in [0, 0.1) is 21.3 Å². The van der Waals surface area contributed by atoms with Crippen LogP contribution in [0.4, 0.5) is 5.69 Å². The van der Waals surface area contributed by atoms with Crippen LogP contribution < -0.4 is 0 Å². The fourth-order valence-electron chi connectivity index (χ4n) is 0.864. The van der Waals surface area contributed by atoms with Crippen LogP contribution in [0.2, 0.25) is 0 Å². The van der Waals surface area contributed by atoms with Gasteiger partial charge in [0.2, 0.25) is 0 Å². The molecule has 0 bridgehead atoms. The van der Waals surface area contributed by atoms with E-state index in [-0.39, 0.29) is 5.69 Å². The van der Waals surface area contributed by atoms with E-state index in [4.69, 9.17) is 0 Å². The molecule has 0 atom stereocenters. The van der Waals surface area contributed by atoms with Crippen molar-refractivity contribution in [3.05, 3.63) is 39.9 Å². The van der Waals surface area contributed by atoms with Crippen LogP contribution in [0.1, 0.15) is 12.5 Å². The van der Waals surface area contributed by atoms with Crippen molar-refractivity contribution in [2.75, 3.05) is 5.75 Å². The molecule has 1 rings (SSSR count). The predicted molar refractivity (Wildman–Crippen MR) is 58.1 cm³/mol. The number of thioether (sulfide) groups is 1. The molecule has 0 amide bonds. The monoisotopic (exact) mass is 207 g/mol. The summed E-state index contributed by atoms with van der Waals surface area (Å²) in [6.45, 7) is 2.01. The number of nitrogens with zero attached hydrogens (tertiary/aromatic N) is 1. The number of non-ortho nitro benzene ring substituents is 1. The summed E-state index contributed by atoms with van der Waals surface area (Å²) in [5, 5.41) is 13.3. The summed E-state index contributed by atoms with van der Waals surface area (Å²) >= 11 is 1.49. The highest BCUT2D eigenvalue weighted by molar-refractivity contribution is 8.03. The Morgan fingerprint density at radius 1 is 1.57 bits per heavy atom. The average Bonchev–Trinajstić information content (AvgIpc) is 2.19. The van der Waals surface area contributed by atoms with E-state index in [1.54, 1.807) is 12.1 Å². The first-order chi connectivity index (χ1) is 6.74. The van der Waals surface area contributed by atoms with Crippen molar-refractivity contribution in [2.24, 2.45) is 0 Å². The SMILES string of the molecule is CCSC#Cc1cccc([N+](=O)[O-])c1. The lowest BCUT2D eigenvalue weighted by Crippen LogP contribution is -1.87. The van der Waals surface area contributed by atoms with Gasteiger partial charge in [-0.2, -0.15) is 0 Å². The minimum Gasteiger partial charge on any atom is -0.258 e. The standard InChI is InChI=1S/C10H9NO2S/c1-2-14-7-6-9-4-3-5-10(8-9)11(12)13/h3-5,8H,2H2,1H3. The van der Waals surface area contributed by atoms with Gasteiger partial charge in [0.1, 0.15) is 0 Å². The number of rotatable bonds is 2. The van der Waals surface area contributed by atoms with Crippen molar-refractivity contribution in [1.82, 2.24) is 0 Å². The average molecular weight is 207 g/mol. The van der Waals surface area contributed by atoms with E-state index in [0.29, 0.717) is 5.56 Å². The predicted octanol–water partition coefficient (Wildman–Crippen LogP) is 2.66. The van der Waals surface area contributed by atoms with Crippen LogP contribution in [0.3, 0.4) is 0 Å². The first-order valence-corrected chi connectivity index (χ1v) is 5.10. The molecule has 1 aromatic rings. The summed E-state index contributed by atoms with van der Waals surface area (Å²) in [6, 6.07) is 6.33. The second-order valence-corrected chi connectivity index (χ2v) is 3.54. The van der Waals surface area contributed by atoms with Crippen molar-refractivity contribution in [3.63, 3.8) is 0 Å². The Hall–Kier alpha value is -1.47. The van der Waals surface area contributed by atoms with E-state index < -0.39 is 4.92 Å². The number of nitro benzene ring substituents is 1. The molecule has 72 valence electrons. The minimum absolute atomic E-state index is 0.0818. The lowest BCUT2D eigenvalue weighted by atomic mass is 10.2. The van der Waals surface area contributed by atoms with Crippen molar-refractivity contribution in [2.45, 2.75) is 6.92 Å². The Labute approximate surface area is 86.7 Å². The third kappa shape index (κ3) is 3.11. The fourth-order valence-corrected chi connectivity index (χ4v) is 1.20. The molecule has 0 spiro atoms. The molecule has 4 heteroatoms. The molecule has 0 fully saturated rings. The van der Waals surface area contributed by atoms with Crippen LogP contribution >= 0.6 is 11.8 Å². The molecule has 0 saturated heterocycles. The Morgan fingerprint density at radius 3 is 3.00 bits per heavy atom. The number of hydrogen-bond donors (Lipinski definition) is 0. The maximum absolute atomic E-state index is 10.4. The van der Waals surface area contributed by atoms with Crippen molar-refractivity contribution in [1.29, 1.82) is 0 Å². The zero-order valence-corrected chi connectivity index (χ0v) is 8.50. The zero-order valence-electron chi connectivity index (χ0n) is 7.69.